The second-order valence-electron chi connectivity index (χ2n) is 7.06. The first kappa shape index (κ1) is 21.2. The molecule has 30 heavy (non-hydrogen) atoms. The summed E-state index contributed by atoms with van der Waals surface area (Å²) in [5.74, 6) is 0.282. The number of rotatable bonds is 3. The Labute approximate surface area is 184 Å². The van der Waals surface area contributed by atoms with Gasteiger partial charge in [0.05, 0.1) is 0 Å². The molecule has 0 radical (unpaired) electrons. The van der Waals surface area contributed by atoms with Crippen molar-refractivity contribution in [3.8, 4) is 5.75 Å². The third-order valence-electron chi connectivity index (χ3n) is 5.04. The lowest BCUT2D eigenvalue weighted by atomic mass is 9.80. The zero-order valence-corrected chi connectivity index (χ0v) is 18.4. The lowest BCUT2D eigenvalue weighted by Crippen LogP contribution is -2.46. The van der Waals surface area contributed by atoms with Gasteiger partial charge in [0.1, 0.15) is 18.4 Å². The highest BCUT2D eigenvalue weighted by molar-refractivity contribution is 9.10. The maximum absolute atomic E-state index is 13.5. The molecule has 2 heterocycles. The van der Waals surface area contributed by atoms with Crippen molar-refractivity contribution >= 4 is 38.8 Å². The average molecular weight is 499 g/mol. The van der Waals surface area contributed by atoms with Crippen molar-refractivity contribution in [2.24, 2.45) is 4.99 Å². The number of carbonyl (C=O) groups excluding carboxylic acids is 1. The van der Waals surface area contributed by atoms with Crippen LogP contribution in [0.5, 0.6) is 5.75 Å². The zero-order chi connectivity index (χ0) is 21.5. The van der Waals surface area contributed by atoms with E-state index < -0.39 is 30.3 Å². The summed E-state index contributed by atoms with van der Waals surface area (Å²) < 4.78 is 46.6. The number of amidine groups is 1. The summed E-state index contributed by atoms with van der Waals surface area (Å²) in [4.78, 5) is 18.9. The lowest BCUT2D eigenvalue weighted by Gasteiger charge is -2.37. The number of benzene rings is 2. The largest absolute Gasteiger partial charge is 0.485 e. The molecule has 1 amide bonds. The van der Waals surface area contributed by atoms with Crippen molar-refractivity contribution in [3.05, 3.63) is 64.1 Å². The Hall–Kier alpha value is -2.00. The summed E-state index contributed by atoms with van der Waals surface area (Å²) in [5.41, 5.74) is -0.138. The van der Waals surface area contributed by atoms with Crippen molar-refractivity contribution in [1.82, 2.24) is 4.90 Å². The fourth-order valence-corrected chi connectivity index (χ4v) is 4.95. The molecular formula is C21H18BrF3N2O2S. The first-order valence-corrected chi connectivity index (χ1v) is 11.1. The van der Waals surface area contributed by atoms with Crippen LogP contribution in [-0.2, 0) is 10.3 Å². The van der Waals surface area contributed by atoms with Gasteiger partial charge in [0, 0.05) is 16.5 Å². The molecular weight excluding hydrogens is 481 g/mol. The van der Waals surface area contributed by atoms with Crippen LogP contribution in [0.3, 0.4) is 0 Å². The standard InChI is InChI=1S/C21H18BrF3N2O2S/c1-2-30-19-26-20(18(28)27(19)12-21(23,24)25)11-17(13-6-4-3-5-7-13)29-16-9-8-14(22)10-15(16)20/h3-10,17H,2,11-12H2,1H3. The Bertz CT molecular complexity index is 999. The molecule has 158 valence electrons. The Balaban J connectivity index is 1.85. The van der Waals surface area contributed by atoms with Crippen LogP contribution in [0.25, 0.3) is 0 Å². The summed E-state index contributed by atoms with van der Waals surface area (Å²) in [5, 5.41) is 0.0967. The van der Waals surface area contributed by atoms with Gasteiger partial charge in [0.25, 0.3) is 5.91 Å². The van der Waals surface area contributed by atoms with Crippen LogP contribution in [-0.4, -0.2) is 34.4 Å². The van der Waals surface area contributed by atoms with Gasteiger partial charge in [0.15, 0.2) is 10.7 Å². The fraction of sp³-hybridized carbons (Fsp3) is 0.333. The topological polar surface area (TPSA) is 41.9 Å². The first-order valence-electron chi connectivity index (χ1n) is 9.36. The summed E-state index contributed by atoms with van der Waals surface area (Å²) >= 11 is 4.53. The third kappa shape index (κ3) is 3.85. The average Bonchev–Trinajstić information content (AvgIpc) is 2.94. The summed E-state index contributed by atoms with van der Waals surface area (Å²) in [6, 6.07) is 14.5. The van der Waals surface area contributed by atoms with Gasteiger partial charge >= 0.3 is 6.18 Å². The molecule has 0 aliphatic carbocycles. The van der Waals surface area contributed by atoms with Gasteiger partial charge < -0.3 is 4.74 Å². The van der Waals surface area contributed by atoms with E-state index in [1.54, 1.807) is 18.2 Å². The van der Waals surface area contributed by atoms with E-state index >= 15 is 0 Å². The molecule has 4 rings (SSSR count). The monoisotopic (exact) mass is 498 g/mol. The van der Waals surface area contributed by atoms with E-state index in [0.717, 1.165) is 22.2 Å². The molecule has 0 bridgehead atoms. The number of amides is 1. The van der Waals surface area contributed by atoms with Crippen LogP contribution in [0.2, 0.25) is 0 Å². The van der Waals surface area contributed by atoms with Gasteiger partial charge in [-0.1, -0.05) is 64.9 Å². The normalized spacial score (nSPS) is 23.4. The van der Waals surface area contributed by atoms with Gasteiger partial charge in [-0.2, -0.15) is 13.2 Å². The summed E-state index contributed by atoms with van der Waals surface area (Å²) in [7, 11) is 0. The van der Waals surface area contributed by atoms with E-state index in [2.05, 4.69) is 20.9 Å². The van der Waals surface area contributed by atoms with Crippen LogP contribution in [0.1, 0.15) is 30.6 Å². The summed E-state index contributed by atoms with van der Waals surface area (Å²) in [6.07, 6.45) is -4.91. The van der Waals surface area contributed by atoms with E-state index in [0.29, 0.717) is 21.5 Å². The maximum atomic E-state index is 13.5. The third-order valence-corrected chi connectivity index (χ3v) is 6.39. The number of halogens is 4. The van der Waals surface area contributed by atoms with Gasteiger partial charge in [0.2, 0.25) is 0 Å². The second kappa shape index (κ2) is 7.92. The molecule has 2 aromatic carbocycles. The Kier molecular flexibility index (Phi) is 5.61. The first-order chi connectivity index (χ1) is 14.2. The predicted molar refractivity (Wildman–Crippen MR) is 114 cm³/mol. The van der Waals surface area contributed by atoms with E-state index in [1.807, 2.05) is 37.3 Å². The molecule has 9 heteroatoms. The summed E-state index contributed by atoms with van der Waals surface area (Å²) in [6.45, 7) is 0.454. The van der Waals surface area contributed by atoms with Crippen LogP contribution in [0.15, 0.2) is 58.0 Å². The van der Waals surface area contributed by atoms with Gasteiger partial charge in [-0.05, 0) is 29.5 Å². The van der Waals surface area contributed by atoms with Gasteiger partial charge in [-0.3, -0.25) is 9.69 Å². The molecule has 4 nitrogen and oxygen atoms in total. The van der Waals surface area contributed by atoms with Crippen molar-refractivity contribution in [2.45, 2.75) is 31.2 Å². The number of nitrogens with zero attached hydrogens (tertiary/aromatic N) is 2. The molecule has 0 fully saturated rings. The van der Waals surface area contributed by atoms with Crippen LogP contribution in [0, 0.1) is 0 Å². The number of hydrogen-bond acceptors (Lipinski definition) is 4. The molecule has 0 aromatic heterocycles. The Morgan fingerprint density at radius 2 is 2.00 bits per heavy atom. The molecule has 1 spiro atoms. The molecule has 2 unspecified atom stereocenters. The van der Waals surface area contributed by atoms with Gasteiger partial charge in [-0.15, -0.1) is 0 Å². The number of ether oxygens (including phenoxy) is 1. The van der Waals surface area contributed by atoms with Crippen LogP contribution < -0.4 is 4.74 Å². The number of carbonyl (C=O) groups is 1. The van der Waals surface area contributed by atoms with Crippen molar-refractivity contribution in [2.75, 3.05) is 12.3 Å². The fourth-order valence-electron chi connectivity index (χ4n) is 3.80. The number of aliphatic imine (C=N–C) groups is 1. The smallest absolute Gasteiger partial charge is 0.406 e. The number of hydrogen-bond donors (Lipinski definition) is 0. The van der Waals surface area contributed by atoms with Crippen LogP contribution in [0.4, 0.5) is 13.2 Å². The van der Waals surface area contributed by atoms with Crippen molar-refractivity contribution < 1.29 is 22.7 Å². The van der Waals surface area contributed by atoms with E-state index in [4.69, 9.17) is 4.74 Å². The molecule has 0 saturated carbocycles. The SMILES string of the molecule is CCSC1=NC2(CC(c3ccccc3)Oc3ccc(Br)cc32)C(=O)N1CC(F)(F)F. The van der Waals surface area contributed by atoms with E-state index in [1.165, 1.54) is 0 Å². The highest BCUT2D eigenvalue weighted by atomic mass is 79.9. The predicted octanol–water partition coefficient (Wildman–Crippen LogP) is 5.68. The molecule has 2 aromatic rings. The van der Waals surface area contributed by atoms with Crippen molar-refractivity contribution in [3.63, 3.8) is 0 Å². The molecule has 2 atom stereocenters. The van der Waals surface area contributed by atoms with E-state index in [9.17, 15) is 18.0 Å². The van der Waals surface area contributed by atoms with E-state index in [-0.39, 0.29) is 11.6 Å². The minimum absolute atomic E-state index is 0.0967. The zero-order valence-electron chi connectivity index (χ0n) is 15.9. The highest BCUT2D eigenvalue weighted by Gasteiger charge is 2.56. The quantitative estimate of drug-likeness (QED) is 0.546. The Morgan fingerprint density at radius 3 is 2.67 bits per heavy atom. The minimum Gasteiger partial charge on any atom is -0.485 e. The van der Waals surface area contributed by atoms with Gasteiger partial charge in [-0.25, -0.2) is 4.99 Å². The molecule has 2 aliphatic rings. The Morgan fingerprint density at radius 1 is 1.27 bits per heavy atom. The van der Waals surface area contributed by atoms with Crippen molar-refractivity contribution in [1.29, 1.82) is 0 Å². The maximum Gasteiger partial charge on any atom is 0.406 e. The lowest BCUT2D eigenvalue weighted by molar-refractivity contribution is -0.155. The molecule has 2 aliphatic heterocycles. The number of thioether (sulfide) groups is 1. The number of fused-ring (bicyclic) bond motifs is 2. The molecule has 0 saturated heterocycles. The van der Waals surface area contributed by atoms with Crippen LogP contribution >= 0.6 is 27.7 Å². The highest BCUT2D eigenvalue weighted by Crippen LogP contribution is 2.51. The second-order valence-corrected chi connectivity index (χ2v) is 9.20. The number of alkyl halides is 3. The minimum atomic E-state index is -4.53. The molecule has 0 N–H and O–H groups in total.